The molecule has 0 unspecified atom stereocenters. The highest BCUT2D eigenvalue weighted by Gasteiger charge is 2.17. The highest BCUT2D eigenvalue weighted by atomic mass is 32.2. The molecular formula is C11H18N4OS. The summed E-state index contributed by atoms with van der Waals surface area (Å²) in [6.45, 7) is 3.84. The number of carbonyl (C=O) groups excluding carboxylic acids is 1. The molecule has 1 saturated heterocycles. The van der Waals surface area contributed by atoms with E-state index in [2.05, 4.69) is 15.2 Å². The molecule has 1 amide bonds. The standard InChI is InChI=1S/C11H18N4OS/c1-2-9-12-11(14-13-9)17-8-10(16)15-6-4-3-5-7-15/h2-8H2,1H3,(H,12,13,14). The lowest BCUT2D eigenvalue weighted by Crippen LogP contribution is -2.36. The van der Waals surface area contributed by atoms with Crippen LogP contribution >= 0.6 is 11.8 Å². The van der Waals surface area contributed by atoms with Crippen molar-refractivity contribution in [1.82, 2.24) is 20.1 Å². The monoisotopic (exact) mass is 254 g/mol. The number of aromatic amines is 1. The van der Waals surface area contributed by atoms with Gasteiger partial charge in [-0.05, 0) is 19.3 Å². The van der Waals surface area contributed by atoms with Gasteiger partial charge in [-0.3, -0.25) is 9.89 Å². The van der Waals surface area contributed by atoms with Crippen LogP contribution < -0.4 is 0 Å². The quantitative estimate of drug-likeness (QED) is 0.827. The Labute approximate surface area is 105 Å². The Morgan fingerprint density at radius 3 is 2.82 bits per heavy atom. The number of carbonyl (C=O) groups is 1. The Bertz CT molecular complexity index is 373. The van der Waals surface area contributed by atoms with Crippen molar-refractivity contribution in [2.45, 2.75) is 37.8 Å². The Hall–Kier alpha value is -1.04. The molecule has 0 saturated carbocycles. The van der Waals surface area contributed by atoms with Crippen molar-refractivity contribution in [3.63, 3.8) is 0 Å². The highest BCUT2D eigenvalue weighted by Crippen LogP contribution is 2.15. The zero-order valence-electron chi connectivity index (χ0n) is 10.1. The van der Waals surface area contributed by atoms with Crippen LogP contribution in [0.3, 0.4) is 0 Å². The van der Waals surface area contributed by atoms with E-state index >= 15 is 0 Å². The van der Waals surface area contributed by atoms with Crippen LogP contribution in [0.15, 0.2) is 5.16 Å². The topological polar surface area (TPSA) is 61.9 Å². The van der Waals surface area contributed by atoms with Gasteiger partial charge >= 0.3 is 0 Å². The molecule has 94 valence electrons. The van der Waals surface area contributed by atoms with E-state index in [0.717, 1.165) is 38.2 Å². The van der Waals surface area contributed by atoms with Gasteiger partial charge in [-0.1, -0.05) is 18.7 Å². The summed E-state index contributed by atoms with van der Waals surface area (Å²) in [5.74, 6) is 1.52. The molecule has 2 rings (SSSR count). The number of rotatable bonds is 4. The van der Waals surface area contributed by atoms with E-state index in [0.29, 0.717) is 10.9 Å². The largest absolute Gasteiger partial charge is 0.342 e. The van der Waals surface area contributed by atoms with Crippen molar-refractivity contribution in [3.8, 4) is 0 Å². The number of H-pyrrole nitrogens is 1. The number of thioether (sulfide) groups is 1. The Kier molecular flexibility index (Phi) is 4.42. The van der Waals surface area contributed by atoms with Crippen LogP contribution in [-0.2, 0) is 11.2 Å². The van der Waals surface area contributed by atoms with Crippen LogP contribution in [0.4, 0.5) is 0 Å². The van der Waals surface area contributed by atoms with Crippen molar-refractivity contribution in [3.05, 3.63) is 5.82 Å². The maximum atomic E-state index is 11.9. The third-order valence-electron chi connectivity index (χ3n) is 2.88. The summed E-state index contributed by atoms with van der Waals surface area (Å²) in [4.78, 5) is 18.1. The number of nitrogens with one attached hydrogen (secondary N) is 1. The molecule has 17 heavy (non-hydrogen) atoms. The van der Waals surface area contributed by atoms with Crippen LogP contribution in [0.5, 0.6) is 0 Å². The smallest absolute Gasteiger partial charge is 0.233 e. The summed E-state index contributed by atoms with van der Waals surface area (Å²) in [6, 6.07) is 0. The molecule has 2 heterocycles. The first-order chi connectivity index (χ1) is 8.29. The molecule has 0 radical (unpaired) electrons. The molecule has 0 aliphatic carbocycles. The fourth-order valence-electron chi connectivity index (χ4n) is 1.86. The second-order valence-corrected chi connectivity index (χ2v) is 5.09. The van der Waals surface area contributed by atoms with Gasteiger partial charge in [-0.15, -0.1) is 5.10 Å². The van der Waals surface area contributed by atoms with E-state index in [1.54, 1.807) is 0 Å². The summed E-state index contributed by atoms with van der Waals surface area (Å²) in [7, 11) is 0. The summed E-state index contributed by atoms with van der Waals surface area (Å²) < 4.78 is 0. The molecule has 1 aliphatic rings. The van der Waals surface area contributed by atoms with Gasteiger partial charge in [0.25, 0.3) is 0 Å². The number of aryl methyl sites for hydroxylation is 1. The molecule has 1 N–H and O–H groups in total. The van der Waals surface area contributed by atoms with Crippen molar-refractivity contribution in [1.29, 1.82) is 0 Å². The van der Waals surface area contributed by atoms with Gasteiger partial charge < -0.3 is 4.90 Å². The van der Waals surface area contributed by atoms with Gasteiger partial charge in [-0.25, -0.2) is 4.98 Å². The first-order valence-corrected chi connectivity index (χ1v) is 7.10. The van der Waals surface area contributed by atoms with Crippen LogP contribution in [0.1, 0.15) is 32.0 Å². The molecule has 1 aromatic rings. The number of hydrogen-bond acceptors (Lipinski definition) is 4. The Morgan fingerprint density at radius 2 is 2.18 bits per heavy atom. The van der Waals surface area contributed by atoms with Gasteiger partial charge in [0, 0.05) is 19.5 Å². The summed E-state index contributed by atoms with van der Waals surface area (Å²) >= 11 is 1.41. The van der Waals surface area contributed by atoms with E-state index < -0.39 is 0 Å². The minimum absolute atomic E-state index is 0.206. The number of amides is 1. The van der Waals surface area contributed by atoms with Gasteiger partial charge in [0.2, 0.25) is 11.1 Å². The van der Waals surface area contributed by atoms with Crippen molar-refractivity contribution in [2.24, 2.45) is 0 Å². The lowest BCUT2D eigenvalue weighted by molar-refractivity contribution is -0.129. The Morgan fingerprint density at radius 1 is 1.41 bits per heavy atom. The third-order valence-corrected chi connectivity index (χ3v) is 3.71. The highest BCUT2D eigenvalue weighted by molar-refractivity contribution is 7.99. The van der Waals surface area contributed by atoms with Crippen molar-refractivity contribution < 1.29 is 4.79 Å². The second-order valence-electron chi connectivity index (χ2n) is 4.15. The van der Waals surface area contributed by atoms with Gasteiger partial charge in [0.1, 0.15) is 5.82 Å². The van der Waals surface area contributed by atoms with Crippen LogP contribution in [0, 0.1) is 0 Å². The van der Waals surface area contributed by atoms with E-state index in [4.69, 9.17) is 0 Å². The number of likely N-dealkylation sites (tertiary alicyclic amines) is 1. The van der Waals surface area contributed by atoms with E-state index in [1.807, 2.05) is 11.8 Å². The SMILES string of the molecule is CCc1nc(SCC(=O)N2CCCCC2)n[nH]1. The number of hydrogen-bond donors (Lipinski definition) is 1. The molecule has 0 atom stereocenters. The molecule has 0 spiro atoms. The third kappa shape index (κ3) is 3.46. The number of nitrogens with zero attached hydrogens (tertiary/aromatic N) is 3. The second kappa shape index (κ2) is 6.05. The first-order valence-electron chi connectivity index (χ1n) is 6.11. The summed E-state index contributed by atoms with van der Waals surface area (Å²) in [5.41, 5.74) is 0. The van der Waals surface area contributed by atoms with Crippen molar-refractivity contribution in [2.75, 3.05) is 18.8 Å². The lowest BCUT2D eigenvalue weighted by atomic mass is 10.1. The van der Waals surface area contributed by atoms with Gasteiger partial charge in [0.05, 0.1) is 5.75 Å². The molecular weight excluding hydrogens is 236 g/mol. The van der Waals surface area contributed by atoms with E-state index in [1.165, 1.54) is 18.2 Å². The van der Waals surface area contributed by atoms with Crippen molar-refractivity contribution >= 4 is 17.7 Å². The molecule has 1 aliphatic heterocycles. The van der Waals surface area contributed by atoms with E-state index in [-0.39, 0.29) is 5.91 Å². The van der Waals surface area contributed by atoms with Crippen LogP contribution in [-0.4, -0.2) is 44.8 Å². The first kappa shape index (κ1) is 12.4. The van der Waals surface area contributed by atoms with Gasteiger partial charge in [0.15, 0.2) is 0 Å². The minimum Gasteiger partial charge on any atom is -0.342 e. The normalized spacial score (nSPS) is 16.2. The molecule has 1 aromatic heterocycles. The fraction of sp³-hybridized carbons (Fsp3) is 0.727. The van der Waals surface area contributed by atoms with Gasteiger partial charge in [-0.2, -0.15) is 0 Å². The average Bonchev–Trinajstić information content (AvgIpc) is 2.85. The molecule has 5 nitrogen and oxygen atoms in total. The fourth-order valence-corrected chi connectivity index (χ4v) is 2.58. The molecule has 0 bridgehead atoms. The Balaban J connectivity index is 1.78. The predicted molar refractivity (Wildman–Crippen MR) is 66.9 cm³/mol. The number of aromatic nitrogens is 3. The summed E-state index contributed by atoms with van der Waals surface area (Å²) in [6.07, 6.45) is 4.36. The maximum Gasteiger partial charge on any atom is 0.233 e. The predicted octanol–water partition coefficient (Wildman–Crippen LogP) is 1.47. The maximum absolute atomic E-state index is 11.9. The van der Waals surface area contributed by atoms with E-state index in [9.17, 15) is 4.79 Å². The number of piperidine rings is 1. The molecule has 1 fully saturated rings. The molecule has 0 aromatic carbocycles. The lowest BCUT2D eigenvalue weighted by Gasteiger charge is -2.26. The molecule has 6 heteroatoms. The zero-order chi connectivity index (χ0) is 12.1. The average molecular weight is 254 g/mol. The minimum atomic E-state index is 0.206. The summed E-state index contributed by atoms with van der Waals surface area (Å²) in [5, 5.41) is 7.59. The van der Waals surface area contributed by atoms with Crippen LogP contribution in [0.2, 0.25) is 0 Å². The zero-order valence-corrected chi connectivity index (χ0v) is 10.9. The van der Waals surface area contributed by atoms with Crippen LogP contribution in [0.25, 0.3) is 0 Å².